The molecule has 2 N–H and O–H groups in total. The molecule has 1 aromatic carbocycles. The summed E-state index contributed by atoms with van der Waals surface area (Å²) in [6.45, 7) is 0. The molecular formula is C10H9BrFN3S. The Morgan fingerprint density at radius 1 is 1.50 bits per heavy atom. The molecule has 0 spiro atoms. The maximum atomic E-state index is 13.2. The number of anilines is 1. The molecule has 2 rings (SSSR count). The van der Waals surface area contributed by atoms with Gasteiger partial charge in [-0.3, -0.25) is 0 Å². The Bertz CT molecular complexity index is 527. The van der Waals surface area contributed by atoms with Crippen LogP contribution in [0.5, 0.6) is 0 Å². The van der Waals surface area contributed by atoms with E-state index in [1.54, 1.807) is 12.3 Å². The van der Waals surface area contributed by atoms with Gasteiger partial charge in [0, 0.05) is 30.0 Å². The maximum absolute atomic E-state index is 13.2. The van der Waals surface area contributed by atoms with E-state index < -0.39 is 0 Å². The smallest absolute Gasteiger partial charge is 0.172 e. The van der Waals surface area contributed by atoms with E-state index >= 15 is 0 Å². The normalized spacial score (nSPS) is 10.7. The van der Waals surface area contributed by atoms with Crippen LogP contribution in [-0.4, -0.2) is 9.55 Å². The lowest BCUT2D eigenvalue weighted by Crippen LogP contribution is -1.94. The topological polar surface area (TPSA) is 43.8 Å². The van der Waals surface area contributed by atoms with E-state index in [4.69, 9.17) is 5.73 Å². The molecule has 0 aliphatic heterocycles. The van der Waals surface area contributed by atoms with Crippen molar-refractivity contribution >= 4 is 33.4 Å². The summed E-state index contributed by atoms with van der Waals surface area (Å²) in [5, 5.41) is 0.810. The third-order valence-corrected chi connectivity index (χ3v) is 3.79. The van der Waals surface area contributed by atoms with Crippen LogP contribution in [0.15, 0.2) is 39.1 Å². The Morgan fingerprint density at radius 2 is 2.25 bits per heavy atom. The minimum Gasteiger partial charge on any atom is -0.398 e. The molecule has 0 saturated heterocycles. The quantitative estimate of drug-likeness (QED) is 0.867. The fourth-order valence-corrected chi connectivity index (χ4v) is 2.54. The minimum absolute atomic E-state index is 0.360. The van der Waals surface area contributed by atoms with Gasteiger partial charge in [-0.05, 0) is 39.8 Å². The molecule has 0 bridgehead atoms. The number of rotatable bonds is 2. The van der Waals surface area contributed by atoms with Gasteiger partial charge in [-0.2, -0.15) is 0 Å². The standard InChI is InChI=1S/C10H9BrFN3S/c1-15-3-2-14-10(15)16-9-4-6(11)7(12)5-8(9)13/h2-5H,13H2,1H3. The van der Waals surface area contributed by atoms with Crippen molar-refractivity contribution < 1.29 is 4.39 Å². The minimum atomic E-state index is -0.360. The van der Waals surface area contributed by atoms with Gasteiger partial charge in [-0.1, -0.05) is 0 Å². The van der Waals surface area contributed by atoms with E-state index in [9.17, 15) is 4.39 Å². The van der Waals surface area contributed by atoms with E-state index in [2.05, 4.69) is 20.9 Å². The number of aromatic nitrogens is 2. The molecule has 2 aromatic rings. The van der Waals surface area contributed by atoms with Gasteiger partial charge in [0.05, 0.1) is 4.47 Å². The lowest BCUT2D eigenvalue weighted by molar-refractivity contribution is 0.620. The molecule has 16 heavy (non-hydrogen) atoms. The van der Waals surface area contributed by atoms with Crippen molar-refractivity contribution in [3.63, 3.8) is 0 Å². The highest BCUT2D eigenvalue weighted by Crippen LogP contribution is 2.34. The second-order valence-corrected chi connectivity index (χ2v) is 5.09. The SMILES string of the molecule is Cn1ccnc1Sc1cc(Br)c(F)cc1N. The van der Waals surface area contributed by atoms with E-state index in [-0.39, 0.29) is 5.82 Å². The molecule has 0 saturated carbocycles. The summed E-state index contributed by atoms with van der Waals surface area (Å²) in [4.78, 5) is 4.95. The number of aryl methyl sites for hydroxylation is 1. The first-order valence-electron chi connectivity index (χ1n) is 4.47. The van der Waals surface area contributed by atoms with Gasteiger partial charge in [0.1, 0.15) is 5.82 Å². The Morgan fingerprint density at radius 3 is 2.88 bits per heavy atom. The molecule has 0 unspecified atom stereocenters. The van der Waals surface area contributed by atoms with Crippen molar-refractivity contribution in [2.24, 2.45) is 7.05 Å². The predicted octanol–water partition coefficient (Wildman–Crippen LogP) is 3.06. The first kappa shape index (κ1) is 11.5. The molecule has 1 heterocycles. The fraction of sp³-hybridized carbons (Fsp3) is 0.100. The summed E-state index contributed by atoms with van der Waals surface area (Å²) in [6, 6.07) is 2.96. The Kier molecular flexibility index (Phi) is 3.20. The molecule has 0 radical (unpaired) electrons. The van der Waals surface area contributed by atoms with Crippen LogP contribution >= 0.6 is 27.7 Å². The first-order chi connectivity index (χ1) is 7.58. The molecule has 0 amide bonds. The van der Waals surface area contributed by atoms with Crippen molar-refractivity contribution in [3.8, 4) is 0 Å². The highest BCUT2D eigenvalue weighted by atomic mass is 79.9. The number of nitrogen functional groups attached to an aromatic ring is 1. The third-order valence-electron chi connectivity index (χ3n) is 2.03. The number of nitrogens with zero attached hydrogens (tertiary/aromatic N) is 2. The van der Waals surface area contributed by atoms with Crippen molar-refractivity contribution in [1.29, 1.82) is 0 Å². The van der Waals surface area contributed by atoms with Crippen LogP contribution in [-0.2, 0) is 7.05 Å². The number of imidazole rings is 1. The molecule has 0 atom stereocenters. The second kappa shape index (κ2) is 4.47. The van der Waals surface area contributed by atoms with Crippen LogP contribution < -0.4 is 5.73 Å². The second-order valence-electron chi connectivity index (χ2n) is 3.23. The van der Waals surface area contributed by atoms with Gasteiger partial charge in [0.25, 0.3) is 0 Å². The Balaban J connectivity index is 2.35. The van der Waals surface area contributed by atoms with Crippen molar-refractivity contribution in [2.45, 2.75) is 10.1 Å². The summed E-state index contributed by atoms with van der Waals surface area (Å²) >= 11 is 4.53. The Labute approximate surface area is 105 Å². The summed E-state index contributed by atoms with van der Waals surface area (Å²) in [6.07, 6.45) is 3.55. The molecule has 84 valence electrons. The van der Waals surface area contributed by atoms with Crippen LogP contribution in [0.4, 0.5) is 10.1 Å². The third kappa shape index (κ3) is 2.22. The van der Waals surface area contributed by atoms with E-state index in [1.807, 2.05) is 17.8 Å². The zero-order valence-electron chi connectivity index (χ0n) is 8.45. The number of hydrogen-bond acceptors (Lipinski definition) is 3. The van der Waals surface area contributed by atoms with Crippen LogP contribution in [0.25, 0.3) is 0 Å². The van der Waals surface area contributed by atoms with Gasteiger partial charge in [0.15, 0.2) is 5.16 Å². The van der Waals surface area contributed by atoms with Crippen LogP contribution in [0.1, 0.15) is 0 Å². The monoisotopic (exact) mass is 301 g/mol. The van der Waals surface area contributed by atoms with Gasteiger partial charge in [0.2, 0.25) is 0 Å². The molecule has 0 aliphatic carbocycles. The van der Waals surface area contributed by atoms with Gasteiger partial charge in [-0.15, -0.1) is 0 Å². The van der Waals surface area contributed by atoms with Crippen LogP contribution in [0, 0.1) is 5.82 Å². The zero-order chi connectivity index (χ0) is 11.7. The number of hydrogen-bond donors (Lipinski definition) is 1. The zero-order valence-corrected chi connectivity index (χ0v) is 10.8. The molecule has 6 heteroatoms. The lowest BCUT2D eigenvalue weighted by atomic mass is 10.3. The van der Waals surface area contributed by atoms with Crippen molar-refractivity contribution in [2.75, 3.05) is 5.73 Å². The average molecular weight is 302 g/mol. The molecular weight excluding hydrogens is 293 g/mol. The highest BCUT2D eigenvalue weighted by Gasteiger charge is 2.09. The average Bonchev–Trinajstić information content (AvgIpc) is 2.61. The van der Waals surface area contributed by atoms with Crippen molar-refractivity contribution in [3.05, 3.63) is 34.8 Å². The summed E-state index contributed by atoms with van der Waals surface area (Å²) in [7, 11) is 1.89. The molecule has 3 nitrogen and oxygen atoms in total. The van der Waals surface area contributed by atoms with Gasteiger partial charge >= 0.3 is 0 Å². The fourth-order valence-electron chi connectivity index (χ4n) is 1.18. The summed E-state index contributed by atoms with van der Waals surface area (Å²) in [5.74, 6) is -0.360. The summed E-state index contributed by atoms with van der Waals surface area (Å²) in [5.41, 5.74) is 6.15. The van der Waals surface area contributed by atoms with E-state index in [0.717, 1.165) is 10.1 Å². The lowest BCUT2D eigenvalue weighted by Gasteiger charge is -2.06. The molecule has 0 fully saturated rings. The largest absolute Gasteiger partial charge is 0.398 e. The van der Waals surface area contributed by atoms with Crippen molar-refractivity contribution in [1.82, 2.24) is 9.55 Å². The van der Waals surface area contributed by atoms with E-state index in [1.165, 1.54) is 17.8 Å². The highest BCUT2D eigenvalue weighted by molar-refractivity contribution is 9.10. The molecule has 0 aliphatic rings. The predicted molar refractivity (Wildman–Crippen MR) is 65.8 cm³/mol. The van der Waals surface area contributed by atoms with E-state index in [0.29, 0.717) is 10.2 Å². The number of halogens is 2. The van der Waals surface area contributed by atoms with Crippen LogP contribution in [0.3, 0.4) is 0 Å². The van der Waals surface area contributed by atoms with Crippen LogP contribution in [0.2, 0.25) is 0 Å². The van der Waals surface area contributed by atoms with Gasteiger partial charge in [-0.25, -0.2) is 9.37 Å². The maximum Gasteiger partial charge on any atom is 0.172 e. The first-order valence-corrected chi connectivity index (χ1v) is 6.08. The molecule has 1 aromatic heterocycles. The van der Waals surface area contributed by atoms with Gasteiger partial charge < -0.3 is 10.3 Å². The number of nitrogens with two attached hydrogens (primary N) is 1. The number of benzene rings is 1. The summed E-state index contributed by atoms with van der Waals surface area (Å²) < 4.78 is 15.4. The Hall–Kier alpha value is -1.01.